The molecule has 0 aliphatic rings. The molecular weight excluding hydrogens is 254 g/mol. The summed E-state index contributed by atoms with van der Waals surface area (Å²) >= 11 is 7.32. The number of hydrogen-bond donors (Lipinski definition) is 1. The molecule has 0 aliphatic heterocycles. The highest BCUT2D eigenvalue weighted by molar-refractivity contribution is 8.00. The molecule has 0 bridgehead atoms. The number of hydrogen-bond acceptors (Lipinski definition) is 4. The van der Waals surface area contributed by atoms with Gasteiger partial charge in [-0.25, -0.2) is 8.42 Å². The van der Waals surface area contributed by atoms with Crippen LogP contribution in [0.3, 0.4) is 0 Å². The maximum Gasteiger partial charge on any atom is 0.148 e. The lowest BCUT2D eigenvalue weighted by atomic mass is 10.3. The van der Waals surface area contributed by atoms with Crippen LogP contribution in [0.5, 0.6) is 0 Å². The summed E-state index contributed by atoms with van der Waals surface area (Å²) in [6.45, 7) is 0. The number of nitrogen functional groups attached to an aromatic ring is 1. The van der Waals surface area contributed by atoms with E-state index in [1.165, 1.54) is 18.0 Å². The summed E-state index contributed by atoms with van der Waals surface area (Å²) < 4.78 is 21.8. The van der Waals surface area contributed by atoms with E-state index in [-0.39, 0.29) is 5.75 Å². The predicted molar refractivity (Wildman–Crippen MR) is 66.3 cm³/mol. The zero-order valence-corrected chi connectivity index (χ0v) is 10.6. The Morgan fingerprint density at radius 3 is 2.73 bits per heavy atom. The Labute approximate surface area is 98.9 Å². The minimum atomic E-state index is -2.91. The van der Waals surface area contributed by atoms with E-state index in [4.69, 9.17) is 17.3 Å². The molecule has 15 heavy (non-hydrogen) atoms. The maximum absolute atomic E-state index is 10.9. The van der Waals surface area contributed by atoms with Gasteiger partial charge in [-0.05, 0) is 18.2 Å². The number of sulfone groups is 1. The van der Waals surface area contributed by atoms with E-state index < -0.39 is 9.84 Å². The Kier molecular flexibility index (Phi) is 4.31. The molecule has 1 rings (SSSR count). The van der Waals surface area contributed by atoms with Crippen LogP contribution in [-0.2, 0) is 9.84 Å². The van der Waals surface area contributed by atoms with E-state index in [0.29, 0.717) is 16.5 Å². The molecule has 0 fully saturated rings. The summed E-state index contributed by atoms with van der Waals surface area (Å²) in [5, 5.41) is 0.600. The molecule has 0 aromatic heterocycles. The molecule has 2 N–H and O–H groups in total. The van der Waals surface area contributed by atoms with E-state index >= 15 is 0 Å². The molecule has 3 nitrogen and oxygen atoms in total. The quantitative estimate of drug-likeness (QED) is 0.669. The summed E-state index contributed by atoms with van der Waals surface area (Å²) in [4.78, 5) is 0.820. The van der Waals surface area contributed by atoms with Crippen molar-refractivity contribution in [3.8, 4) is 0 Å². The SMILES string of the molecule is CS(=O)(=O)CCSc1cc(N)ccc1Cl. The van der Waals surface area contributed by atoms with Crippen LogP contribution >= 0.6 is 23.4 Å². The van der Waals surface area contributed by atoms with E-state index in [2.05, 4.69) is 0 Å². The van der Waals surface area contributed by atoms with Gasteiger partial charge in [0, 0.05) is 22.6 Å². The number of halogens is 1. The fourth-order valence-corrected chi connectivity index (χ4v) is 3.40. The minimum Gasteiger partial charge on any atom is -0.399 e. The second-order valence-electron chi connectivity index (χ2n) is 3.17. The van der Waals surface area contributed by atoms with Crippen molar-refractivity contribution in [2.75, 3.05) is 23.5 Å². The smallest absolute Gasteiger partial charge is 0.148 e. The zero-order valence-electron chi connectivity index (χ0n) is 8.23. The number of anilines is 1. The molecule has 0 unspecified atom stereocenters. The lowest BCUT2D eigenvalue weighted by Crippen LogP contribution is -2.04. The van der Waals surface area contributed by atoms with E-state index in [1.807, 2.05) is 0 Å². The summed E-state index contributed by atoms with van der Waals surface area (Å²) in [7, 11) is -2.91. The molecule has 0 heterocycles. The molecule has 0 saturated carbocycles. The van der Waals surface area contributed by atoms with Crippen molar-refractivity contribution in [1.82, 2.24) is 0 Å². The second kappa shape index (κ2) is 5.09. The van der Waals surface area contributed by atoms with Gasteiger partial charge >= 0.3 is 0 Å². The van der Waals surface area contributed by atoms with Crippen molar-refractivity contribution >= 4 is 38.9 Å². The van der Waals surface area contributed by atoms with Crippen LogP contribution in [0.15, 0.2) is 23.1 Å². The van der Waals surface area contributed by atoms with Crippen molar-refractivity contribution in [1.29, 1.82) is 0 Å². The van der Waals surface area contributed by atoms with Crippen molar-refractivity contribution in [2.24, 2.45) is 0 Å². The van der Waals surface area contributed by atoms with Crippen molar-refractivity contribution in [3.63, 3.8) is 0 Å². The van der Waals surface area contributed by atoms with E-state index in [0.717, 1.165) is 4.90 Å². The van der Waals surface area contributed by atoms with Crippen LogP contribution in [-0.4, -0.2) is 26.2 Å². The fraction of sp³-hybridized carbons (Fsp3) is 0.333. The van der Waals surface area contributed by atoms with Gasteiger partial charge in [-0.2, -0.15) is 0 Å². The third kappa shape index (κ3) is 4.77. The first-order valence-electron chi connectivity index (χ1n) is 4.24. The van der Waals surface area contributed by atoms with Gasteiger partial charge in [0.1, 0.15) is 9.84 Å². The number of nitrogens with two attached hydrogens (primary N) is 1. The van der Waals surface area contributed by atoms with Crippen LogP contribution in [0.1, 0.15) is 0 Å². The first kappa shape index (κ1) is 12.7. The third-order valence-corrected chi connectivity index (χ3v) is 4.37. The van der Waals surface area contributed by atoms with Gasteiger partial charge in [0.15, 0.2) is 0 Å². The maximum atomic E-state index is 10.9. The lowest BCUT2D eigenvalue weighted by molar-refractivity contribution is 0.603. The van der Waals surface area contributed by atoms with Gasteiger partial charge in [0.25, 0.3) is 0 Å². The number of benzene rings is 1. The Hall–Kier alpha value is -0.390. The molecule has 0 saturated heterocycles. The second-order valence-corrected chi connectivity index (χ2v) is 6.97. The van der Waals surface area contributed by atoms with Crippen LogP contribution in [0.4, 0.5) is 5.69 Å². The molecule has 0 atom stereocenters. The van der Waals surface area contributed by atoms with Crippen molar-refractivity contribution in [3.05, 3.63) is 23.2 Å². The third-order valence-electron chi connectivity index (χ3n) is 1.67. The van der Waals surface area contributed by atoms with E-state index in [1.54, 1.807) is 18.2 Å². The average molecular weight is 266 g/mol. The van der Waals surface area contributed by atoms with Crippen molar-refractivity contribution < 1.29 is 8.42 Å². The van der Waals surface area contributed by atoms with Gasteiger partial charge in [-0.3, -0.25) is 0 Å². The number of thioether (sulfide) groups is 1. The van der Waals surface area contributed by atoms with Gasteiger partial charge in [-0.15, -0.1) is 11.8 Å². The van der Waals surface area contributed by atoms with Crippen LogP contribution in [0.2, 0.25) is 5.02 Å². The monoisotopic (exact) mass is 265 g/mol. The van der Waals surface area contributed by atoms with Gasteiger partial charge in [-0.1, -0.05) is 11.6 Å². The Bertz CT molecular complexity index is 445. The fourth-order valence-electron chi connectivity index (χ4n) is 0.934. The minimum absolute atomic E-state index is 0.142. The van der Waals surface area contributed by atoms with Crippen LogP contribution < -0.4 is 5.73 Å². The van der Waals surface area contributed by atoms with Crippen LogP contribution in [0.25, 0.3) is 0 Å². The zero-order chi connectivity index (χ0) is 11.5. The molecule has 0 spiro atoms. The molecule has 0 amide bonds. The largest absolute Gasteiger partial charge is 0.399 e. The summed E-state index contributed by atoms with van der Waals surface area (Å²) in [6.07, 6.45) is 1.22. The van der Waals surface area contributed by atoms with Gasteiger partial charge < -0.3 is 5.73 Å². The van der Waals surface area contributed by atoms with Crippen LogP contribution in [0, 0.1) is 0 Å². The highest BCUT2D eigenvalue weighted by Gasteiger charge is 2.05. The standard InChI is InChI=1S/C9H12ClNO2S2/c1-15(12,13)5-4-14-9-6-7(11)2-3-8(9)10/h2-3,6H,4-5,11H2,1H3. The molecule has 6 heteroatoms. The van der Waals surface area contributed by atoms with Gasteiger partial charge in [0.2, 0.25) is 0 Å². The lowest BCUT2D eigenvalue weighted by Gasteiger charge is -2.04. The Morgan fingerprint density at radius 2 is 2.13 bits per heavy atom. The first-order chi connectivity index (χ1) is 6.88. The average Bonchev–Trinajstić information content (AvgIpc) is 2.09. The summed E-state index contributed by atoms with van der Waals surface area (Å²) in [6, 6.07) is 5.16. The molecule has 1 aromatic rings. The Morgan fingerprint density at radius 1 is 1.47 bits per heavy atom. The highest BCUT2D eigenvalue weighted by Crippen LogP contribution is 2.28. The summed E-state index contributed by atoms with van der Waals surface area (Å²) in [5.74, 6) is 0.630. The number of rotatable bonds is 4. The normalized spacial score (nSPS) is 11.6. The topological polar surface area (TPSA) is 60.2 Å². The molecule has 0 radical (unpaired) electrons. The Balaban J connectivity index is 2.61. The highest BCUT2D eigenvalue weighted by atomic mass is 35.5. The predicted octanol–water partition coefficient (Wildman–Crippen LogP) is 2.06. The molecule has 1 aromatic carbocycles. The molecular formula is C9H12ClNO2S2. The molecule has 0 aliphatic carbocycles. The molecule has 84 valence electrons. The first-order valence-corrected chi connectivity index (χ1v) is 7.66. The van der Waals surface area contributed by atoms with E-state index in [9.17, 15) is 8.42 Å². The van der Waals surface area contributed by atoms with Gasteiger partial charge in [0.05, 0.1) is 10.8 Å². The van der Waals surface area contributed by atoms with Crippen molar-refractivity contribution in [2.45, 2.75) is 4.90 Å². The summed E-state index contributed by atoms with van der Waals surface area (Å²) in [5.41, 5.74) is 6.22.